The Morgan fingerprint density at radius 2 is 1.05 bits per heavy atom. The Hall–Kier alpha value is -1.67. The monoisotopic (exact) mass is 569 g/mol. The summed E-state index contributed by atoms with van der Waals surface area (Å²) < 4.78 is 17.0. The lowest BCUT2D eigenvalue weighted by Gasteiger charge is -2.19. The SMILES string of the molecule is CCCCCCCCCCCCOCC(COC(=O)ON1C(=O)CCC1=O)OCCCCCCCCCCCC. The summed E-state index contributed by atoms with van der Waals surface area (Å²) in [6, 6.07) is 0. The third-order valence-electron chi connectivity index (χ3n) is 7.36. The van der Waals surface area contributed by atoms with Crippen LogP contribution in [-0.2, 0) is 28.6 Å². The Morgan fingerprint density at radius 1 is 0.625 bits per heavy atom. The van der Waals surface area contributed by atoms with Crippen LogP contribution in [0.1, 0.15) is 155 Å². The number of carbonyl (C=O) groups excluding carboxylic acids is 3. The van der Waals surface area contributed by atoms with Crippen LogP contribution >= 0.6 is 0 Å². The van der Waals surface area contributed by atoms with Gasteiger partial charge >= 0.3 is 6.16 Å². The normalized spacial score (nSPS) is 14.2. The molecular weight excluding hydrogens is 510 g/mol. The second-order valence-corrected chi connectivity index (χ2v) is 11.2. The van der Waals surface area contributed by atoms with Crippen molar-refractivity contribution in [2.24, 2.45) is 0 Å². The Morgan fingerprint density at radius 3 is 1.52 bits per heavy atom. The van der Waals surface area contributed by atoms with Gasteiger partial charge in [-0.2, -0.15) is 0 Å². The van der Waals surface area contributed by atoms with Crippen molar-refractivity contribution in [2.45, 2.75) is 161 Å². The number of unbranched alkanes of at least 4 members (excludes halogenated alkanes) is 18. The predicted molar refractivity (Wildman–Crippen MR) is 158 cm³/mol. The van der Waals surface area contributed by atoms with Gasteiger partial charge < -0.3 is 14.2 Å². The van der Waals surface area contributed by atoms with E-state index in [-0.39, 0.29) is 19.4 Å². The Bertz CT molecular complexity index is 627. The molecule has 1 saturated heterocycles. The van der Waals surface area contributed by atoms with Gasteiger partial charge in [0.15, 0.2) is 0 Å². The van der Waals surface area contributed by atoms with Crippen molar-refractivity contribution in [3.63, 3.8) is 0 Å². The third kappa shape index (κ3) is 20.2. The summed E-state index contributed by atoms with van der Waals surface area (Å²) in [5.41, 5.74) is 0. The molecule has 2 amide bonds. The van der Waals surface area contributed by atoms with E-state index in [2.05, 4.69) is 13.8 Å². The average Bonchev–Trinajstić information content (AvgIpc) is 3.26. The van der Waals surface area contributed by atoms with E-state index in [1.165, 1.54) is 103 Å². The Labute approximate surface area is 244 Å². The number of amides is 2. The van der Waals surface area contributed by atoms with Gasteiger partial charge in [-0.3, -0.25) is 14.4 Å². The summed E-state index contributed by atoms with van der Waals surface area (Å²) in [4.78, 5) is 40.1. The van der Waals surface area contributed by atoms with Gasteiger partial charge in [-0.05, 0) is 12.8 Å². The lowest BCUT2D eigenvalue weighted by Crippen LogP contribution is -2.34. The molecule has 1 unspecified atom stereocenters. The van der Waals surface area contributed by atoms with Crippen LogP contribution in [0, 0.1) is 0 Å². The third-order valence-corrected chi connectivity index (χ3v) is 7.36. The topological polar surface area (TPSA) is 91.4 Å². The highest BCUT2D eigenvalue weighted by Gasteiger charge is 2.33. The number of hydrogen-bond acceptors (Lipinski definition) is 7. The van der Waals surface area contributed by atoms with E-state index in [1.807, 2.05) is 0 Å². The molecule has 1 aliphatic rings. The van der Waals surface area contributed by atoms with Crippen LogP contribution < -0.4 is 0 Å². The molecule has 0 saturated carbocycles. The van der Waals surface area contributed by atoms with E-state index in [0.717, 1.165) is 25.7 Å². The van der Waals surface area contributed by atoms with Crippen LogP contribution in [0.5, 0.6) is 0 Å². The first-order valence-electron chi connectivity index (χ1n) is 16.5. The first-order chi connectivity index (χ1) is 19.6. The van der Waals surface area contributed by atoms with Crippen molar-refractivity contribution in [3.05, 3.63) is 0 Å². The lowest BCUT2D eigenvalue weighted by atomic mass is 10.1. The summed E-state index contributed by atoms with van der Waals surface area (Å²) in [7, 11) is 0. The van der Waals surface area contributed by atoms with E-state index in [4.69, 9.17) is 19.0 Å². The number of ether oxygens (including phenoxy) is 3. The molecule has 8 nitrogen and oxygen atoms in total. The smallest absolute Gasteiger partial charge is 0.430 e. The van der Waals surface area contributed by atoms with Gasteiger partial charge in [-0.1, -0.05) is 134 Å². The van der Waals surface area contributed by atoms with Gasteiger partial charge in [0.1, 0.15) is 12.7 Å². The molecule has 1 aliphatic heterocycles. The lowest BCUT2D eigenvalue weighted by molar-refractivity contribution is -0.178. The van der Waals surface area contributed by atoms with Gasteiger partial charge in [0, 0.05) is 26.1 Å². The summed E-state index contributed by atoms with van der Waals surface area (Å²) in [5.74, 6) is -1.06. The molecule has 1 atom stereocenters. The van der Waals surface area contributed by atoms with Crippen molar-refractivity contribution >= 4 is 18.0 Å². The summed E-state index contributed by atoms with van der Waals surface area (Å²) in [6.07, 6.45) is 23.8. The molecule has 8 heteroatoms. The zero-order valence-corrected chi connectivity index (χ0v) is 25.8. The molecule has 0 aromatic carbocycles. The quantitative estimate of drug-likeness (QED) is 0.0530. The Balaban J connectivity index is 2.21. The molecular formula is C32H59NO7. The van der Waals surface area contributed by atoms with Crippen molar-refractivity contribution in [1.82, 2.24) is 5.06 Å². The molecule has 1 fully saturated rings. The van der Waals surface area contributed by atoms with E-state index in [9.17, 15) is 14.4 Å². The molecule has 1 rings (SSSR count). The van der Waals surface area contributed by atoms with Gasteiger partial charge in [0.05, 0.1) is 6.61 Å². The summed E-state index contributed by atoms with van der Waals surface area (Å²) in [5, 5.41) is 0.490. The molecule has 0 spiro atoms. The number of hydrogen-bond donors (Lipinski definition) is 0. The second kappa shape index (κ2) is 26.2. The van der Waals surface area contributed by atoms with Crippen LogP contribution in [0.4, 0.5) is 4.79 Å². The molecule has 234 valence electrons. The molecule has 0 aromatic heterocycles. The van der Waals surface area contributed by atoms with Crippen molar-refractivity contribution in [2.75, 3.05) is 26.4 Å². The fourth-order valence-corrected chi connectivity index (χ4v) is 4.81. The van der Waals surface area contributed by atoms with E-state index in [1.54, 1.807) is 0 Å². The van der Waals surface area contributed by atoms with Crippen LogP contribution in [0.15, 0.2) is 0 Å². The average molecular weight is 570 g/mol. The standard InChI is InChI=1S/C32H59NO7/c1-3-5-7-9-11-13-15-17-19-21-25-37-27-29(28-39-32(36)40-33-30(34)23-24-31(33)35)38-26-22-20-18-16-14-12-10-8-6-4-2/h29H,3-28H2,1-2H3. The summed E-state index contributed by atoms with van der Waals surface area (Å²) >= 11 is 0. The molecule has 0 aromatic rings. The zero-order valence-electron chi connectivity index (χ0n) is 25.8. The first-order valence-corrected chi connectivity index (χ1v) is 16.5. The van der Waals surface area contributed by atoms with Crippen LogP contribution in [0.25, 0.3) is 0 Å². The zero-order chi connectivity index (χ0) is 29.1. The van der Waals surface area contributed by atoms with Gasteiger partial charge in [0.25, 0.3) is 11.8 Å². The van der Waals surface area contributed by atoms with Crippen molar-refractivity contribution in [1.29, 1.82) is 0 Å². The fraction of sp³-hybridized carbons (Fsp3) is 0.906. The number of nitrogens with zero attached hydrogens (tertiary/aromatic N) is 1. The number of carbonyl (C=O) groups is 3. The minimum Gasteiger partial charge on any atom is -0.430 e. The molecule has 0 bridgehead atoms. The first kappa shape index (κ1) is 36.4. The summed E-state index contributed by atoms with van der Waals surface area (Å²) in [6.45, 7) is 5.99. The van der Waals surface area contributed by atoms with E-state index >= 15 is 0 Å². The van der Waals surface area contributed by atoms with Gasteiger partial charge in [-0.15, -0.1) is 0 Å². The molecule has 0 radical (unpaired) electrons. The van der Waals surface area contributed by atoms with Crippen molar-refractivity contribution in [3.8, 4) is 0 Å². The maximum Gasteiger partial charge on any atom is 0.534 e. The van der Waals surface area contributed by atoms with Gasteiger partial charge in [0.2, 0.25) is 0 Å². The largest absolute Gasteiger partial charge is 0.534 e. The maximum absolute atomic E-state index is 12.0. The highest BCUT2D eigenvalue weighted by atomic mass is 16.8. The number of rotatable bonds is 28. The van der Waals surface area contributed by atoms with Gasteiger partial charge in [-0.25, -0.2) is 4.79 Å². The molecule has 40 heavy (non-hydrogen) atoms. The Kier molecular flexibility index (Phi) is 23.9. The molecule has 0 aliphatic carbocycles. The highest BCUT2D eigenvalue weighted by Crippen LogP contribution is 2.14. The van der Waals surface area contributed by atoms with Crippen molar-refractivity contribution < 1.29 is 33.4 Å². The molecule has 1 heterocycles. The minimum absolute atomic E-state index is 0.0451. The fourth-order valence-electron chi connectivity index (χ4n) is 4.81. The van der Waals surface area contributed by atoms with E-state index in [0.29, 0.717) is 24.9 Å². The van der Waals surface area contributed by atoms with Crippen LogP contribution in [-0.4, -0.2) is 55.6 Å². The maximum atomic E-state index is 12.0. The number of hydroxylamine groups is 2. The highest BCUT2D eigenvalue weighted by molar-refractivity contribution is 6.01. The van der Waals surface area contributed by atoms with Crippen LogP contribution in [0.3, 0.4) is 0 Å². The number of imide groups is 1. The predicted octanol–water partition coefficient (Wildman–Crippen LogP) is 8.45. The van der Waals surface area contributed by atoms with Crippen LogP contribution in [0.2, 0.25) is 0 Å². The minimum atomic E-state index is -1.08. The van der Waals surface area contributed by atoms with E-state index < -0.39 is 24.1 Å². The second-order valence-electron chi connectivity index (χ2n) is 11.2. The molecule has 0 N–H and O–H groups in total.